The first-order valence-corrected chi connectivity index (χ1v) is 7.26. The van der Waals surface area contributed by atoms with E-state index in [9.17, 15) is 4.79 Å². The third-order valence-electron chi connectivity index (χ3n) is 3.71. The van der Waals surface area contributed by atoms with Gasteiger partial charge in [0, 0.05) is 18.4 Å². The van der Waals surface area contributed by atoms with Crippen LogP contribution in [0.4, 0.5) is 0 Å². The Labute approximate surface area is 112 Å². The molecule has 3 nitrogen and oxygen atoms in total. The normalized spacial score (nSPS) is 16.1. The Balaban J connectivity index is 4.30. The van der Waals surface area contributed by atoms with E-state index in [0.717, 1.165) is 19.3 Å². The average molecular weight is 254 g/mol. The summed E-state index contributed by atoms with van der Waals surface area (Å²) in [5.74, 6) is 1.03. The third-order valence-corrected chi connectivity index (χ3v) is 3.71. The predicted octanol–water partition coefficient (Wildman–Crippen LogP) is 3.63. The second-order valence-electron chi connectivity index (χ2n) is 5.63. The van der Waals surface area contributed by atoms with Crippen LogP contribution in [-0.4, -0.2) is 18.2 Å². The number of rotatable bonds is 9. The molecule has 3 atom stereocenters. The molecule has 0 aliphatic heterocycles. The Morgan fingerprint density at radius 1 is 1.28 bits per heavy atom. The van der Waals surface area contributed by atoms with E-state index < -0.39 is 0 Å². The Morgan fingerprint density at radius 2 is 1.89 bits per heavy atom. The molecule has 0 bridgehead atoms. The van der Waals surface area contributed by atoms with Gasteiger partial charge >= 0.3 is 0 Å². The van der Waals surface area contributed by atoms with Gasteiger partial charge < -0.3 is 10.7 Å². The highest BCUT2D eigenvalue weighted by Crippen LogP contribution is 2.16. The van der Waals surface area contributed by atoms with E-state index in [4.69, 9.17) is 5.41 Å². The maximum atomic E-state index is 12.0. The van der Waals surface area contributed by atoms with E-state index in [0.29, 0.717) is 18.3 Å². The monoisotopic (exact) mass is 254 g/mol. The van der Waals surface area contributed by atoms with Gasteiger partial charge in [-0.25, -0.2) is 0 Å². The highest BCUT2D eigenvalue weighted by molar-refractivity contribution is 5.79. The molecule has 0 radical (unpaired) electrons. The van der Waals surface area contributed by atoms with Crippen molar-refractivity contribution in [2.75, 3.05) is 0 Å². The van der Waals surface area contributed by atoms with Crippen molar-refractivity contribution < 1.29 is 4.79 Å². The molecule has 3 heteroatoms. The zero-order valence-electron chi connectivity index (χ0n) is 12.6. The second-order valence-corrected chi connectivity index (χ2v) is 5.63. The lowest BCUT2D eigenvalue weighted by Crippen LogP contribution is -2.40. The maximum absolute atomic E-state index is 12.0. The zero-order chi connectivity index (χ0) is 14.1. The summed E-state index contributed by atoms with van der Waals surface area (Å²) < 4.78 is 0. The van der Waals surface area contributed by atoms with Crippen molar-refractivity contribution in [2.45, 2.75) is 66.3 Å². The molecule has 0 aliphatic carbocycles. The first-order valence-electron chi connectivity index (χ1n) is 7.26. The van der Waals surface area contributed by atoms with Gasteiger partial charge in [-0.3, -0.25) is 4.79 Å². The first kappa shape index (κ1) is 17.1. The van der Waals surface area contributed by atoms with Crippen LogP contribution in [-0.2, 0) is 4.79 Å². The van der Waals surface area contributed by atoms with Gasteiger partial charge in [0.05, 0.1) is 0 Å². The molecule has 0 aromatic carbocycles. The van der Waals surface area contributed by atoms with Gasteiger partial charge in [0.15, 0.2) is 0 Å². The topological polar surface area (TPSA) is 53.0 Å². The molecule has 0 aromatic heterocycles. The van der Waals surface area contributed by atoms with Crippen molar-refractivity contribution in [1.29, 1.82) is 5.41 Å². The molecule has 2 N–H and O–H groups in total. The van der Waals surface area contributed by atoms with Gasteiger partial charge in [-0.1, -0.05) is 41.0 Å². The van der Waals surface area contributed by atoms with Crippen molar-refractivity contribution in [3.8, 4) is 0 Å². The minimum Gasteiger partial charge on any atom is -0.353 e. The molecule has 0 fully saturated rings. The highest BCUT2D eigenvalue weighted by atomic mass is 16.1. The van der Waals surface area contributed by atoms with E-state index in [1.54, 1.807) is 0 Å². The summed E-state index contributed by atoms with van der Waals surface area (Å²) >= 11 is 0. The molecule has 0 aromatic rings. The number of carbonyl (C=O) groups excluding carboxylic acids is 1. The fourth-order valence-electron chi connectivity index (χ4n) is 2.27. The predicted molar refractivity (Wildman–Crippen MR) is 78.0 cm³/mol. The second kappa shape index (κ2) is 9.12. The van der Waals surface area contributed by atoms with Crippen molar-refractivity contribution in [1.82, 2.24) is 5.32 Å². The Hall–Kier alpha value is -0.860. The van der Waals surface area contributed by atoms with Crippen LogP contribution in [0.5, 0.6) is 0 Å². The van der Waals surface area contributed by atoms with E-state index in [2.05, 4.69) is 39.9 Å². The van der Waals surface area contributed by atoms with Crippen LogP contribution >= 0.6 is 0 Å². The standard InChI is InChI=1S/C15H30N2O/c1-6-8-12(5)14(7-2)17-15(18)9-13(10-16)11(3)4/h10-14,16H,6-9H2,1-5H3,(H,17,18). The molecule has 0 heterocycles. The smallest absolute Gasteiger partial charge is 0.220 e. The Kier molecular flexibility index (Phi) is 8.69. The molecule has 0 rings (SSSR count). The molecule has 3 unspecified atom stereocenters. The molecule has 106 valence electrons. The summed E-state index contributed by atoms with van der Waals surface area (Å²) in [7, 11) is 0. The lowest BCUT2D eigenvalue weighted by atomic mass is 9.92. The quantitative estimate of drug-likeness (QED) is 0.607. The van der Waals surface area contributed by atoms with Gasteiger partial charge in [0.25, 0.3) is 0 Å². The third kappa shape index (κ3) is 6.18. The van der Waals surface area contributed by atoms with Crippen LogP contribution in [0.1, 0.15) is 60.3 Å². The van der Waals surface area contributed by atoms with Gasteiger partial charge in [0.2, 0.25) is 5.91 Å². The van der Waals surface area contributed by atoms with Crippen LogP contribution in [0.15, 0.2) is 0 Å². The van der Waals surface area contributed by atoms with Crippen molar-refractivity contribution >= 4 is 12.1 Å². The van der Waals surface area contributed by atoms with Gasteiger partial charge in [-0.2, -0.15) is 0 Å². The van der Waals surface area contributed by atoms with Crippen LogP contribution < -0.4 is 5.32 Å². The van der Waals surface area contributed by atoms with E-state index >= 15 is 0 Å². The molecular formula is C15H30N2O. The molecular weight excluding hydrogens is 224 g/mol. The summed E-state index contributed by atoms with van der Waals surface area (Å²) in [5.41, 5.74) is 0. The minimum atomic E-state index is 0.0592. The molecule has 0 saturated heterocycles. The first-order chi connectivity index (χ1) is 8.46. The van der Waals surface area contributed by atoms with Crippen molar-refractivity contribution in [3.05, 3.63) is 0 Å². The van der Waals surface area contributed by atoms with Gasteiger partial charge in [-0.05, 0) is 30.9 Å². The lowest BCUT2D eigenvalue weighted by Gasteiger charge is -2.25. The van der Waals surface area contributed by atoms with E-state index in [1.165, 1.54) is 6.21 Å². The molecule has 0 aliphatic rings. The summed E-state index contributed by atoms with van der Waals surface area (Å²) in [6, 6.07) is 0.274. The van der Waals surface area contributed by atoms with E-state index in [-0.39, 0.29) is 17.9 Å². The Morgan fingerprint density at radius 3 is 2.28 bits per heavy atom. The lowest BCUT2D eigenvalue weighted by molar-refractivity contribution is -0.122. The summed E-state index contributed by atoms with van der Waals surface area (Å²) in [6.07, 6.45) is 5.13. The summed E-state index contributed by atoms with van der Waals surface area (Å²) in [5, 5.41) is 10.5. The fourth-order valence-corrected chi connectivity index (χ4v) is 2.27. The SMILES string of the molecule is CCCC(C)C(CC)NC(=O)CC(C=N)C(C)C. The number of hydrogen-bond acceptors (Lipinski definition) is 2. The largest absolute Gasteiger partial charge is 0.353 e. The Bertz CT molecular complexity index is 251. The van der Waals surface area contributed by atoms with Crippen molar-refractivity contribution in [2.24, 2.45) is 17.8 Å². The molecule has 0 saturated carbocycles. The molecule has 0 spiro atoms. The number of carbonyl (C=O) groups is 1. The molecule has 1 amide bonds. The van der Waals surface area contributed by atoms with Gasteiger partial charge in [-0.15, -0.1) is 0 Å². The van der Waals surface area contributed by atoms with Crippen LogP contribution in [0.3, 0.4) is 0 Å². The maximum Gasteiger partial charge on any atom is 0.220 e. The number of hydrogen-bond donors (Lipinski definition) is 2. The highest BCUT2D eigenvalue weighted by Gasteiger charge is 2.20. The average Bonchev–Trinajstić information content (AvgIpc) is 2.32. The zero-order valence-corrected chi connectivity index (χ0v) is 12.6. The van der Waals surface area contributed by atoms with Crippen molar-refractivity contribution in [3.63, 3.8) is 0 Å². The summed E-state index contributed by atoms with van der Waals surface area (Å²) in [4.78, 5) is 12.0. The van der Waals surface area contributed by atoms with Crippen LogP contribution in [0.25, 0.3) is 0 Å². The fraction of sp³-hybridized carbons (Fsp3) is 0.867. The number of nitrogens with one attached hydrogen (secondary N) is 2. The van der Waals surface area contributed by atoms with E-state index in [1.807, 2.05) is 0 Å². The summed E-state index contributed by atoms with van der Waals surface area (Å²) in [6.45, 7) is 10.6. The van der Waals surface area contributed by atoms with Crippen LogP contribution in [0, 0.1) is 23.2 Å². The number of amides is 1. The van der Waals surface area contributed by atoms with Gasteiger partial charge in [0.1, 0.15) is 0 Å². The molecule has 18 heavy (non-hydrogen) atoms. The minimum absolute atomic E-state index is 0.0592. The van der Waals surface area contributed by atoms with Crippen LogP contribution in [0.2, 0.25) is 0 Å².